The standard InChI is InChI=1S/C22H25N3O3/c1-13(26)22(28)24-19-5-3-4-16-17(11-23-12-18(16)19)14-6-8-20-15(10-14)7-9-21(27)25(20)2/h6,8,10-13,19,26H,3-5,7,9H2,1-2H3,(H,24,28)/t13-,19?/m0/s1. The number of aromatic nitrogens is 1. The molecule has 146 valence electrons. The highest BCUT2D eigenvalue weighted by atomic mass is 16.3. The summed E-state index contributed by atoms with van der Waals surface area (Å²) in [6, 6.07) is 6.09. The summed E-state index contributed by atoms with van der Waals surface area (Å²) in [4.78, 5) is 30.1. The second kappa shape index (κ2) is 7.36. The van der Waals surface area contributed by atoms with Gasteiger partial charge < -0.3 is 15.3 Å². The SMILES string of the molecule is C[C@H](O)C(=O)NC1CCCc2c(-c3ccc4c(c3)CCC(=O)N4C)cncc21. The van der Waals surface area contributed by atoms with E-state index >= 15 is 0 Å². The number of carbonyl (C=O) groups excluding carboxylic acids is 2. The molecule has 2 amide bonds. The van der Waals surface area contributed by atoms with Crippen LogP contribution < -0.4 is 10.2 Å². The van der Waals surface area contributed by atoms with Gasteiger partial charge in [0.05, 0.1) is 6.04 Å². The molecule has 28 heavy (non-hydrogen) atoms. The Labute approximate surface area is 164 Å². The first kappa shape index (κ1) is 18.6. The van der Waals surface area contributed by atoms with Crippen molar-refractivity contribution in [3.63, 3.8) is 0 Å². The lowest BCUT2D eigenvalue weighted by Gasteiger charge is -2.29. The summed E-state index contributed by atoms with van der Waals surface area (Å²) in [5.41, 5.74) is 6.55. The minimum absolute atomic E-state index is 0.125. The molecule has 0 saturated carbocycles. The van der Waals surface area contributed by atoms with Gasteiger partial charge in [-0.15, -0.1) is 0 Å². The number of aliphatic hydroxyl groups excluding tert-OH is 1. The second-order valence-electron chi connectivity index (χ2n) is 7.68. The molecule has 0 saturated heterocycles. The number of anilines is 1. The summed E-state index contributed by atoms with van der Waals surface area (Å²) in [6.45, 7) is 1.47. The Morgan fingerprint density at radius 1 is 1.29 bits per heavy atom. The predicted molar refractivity (Wildman–Crippen MR) is 107 cm³/mol. The number of aryl methyl sites for hydroxylation is 1. The van der Waals surface area contributed by atoms with Gasteiger partial charge in [-0.3, -0.25) is 14.6 Å². The van der Waals surface area contributed by atoms with Gasteiger partial charge in [-0.1, -0.05) is 6.07 Å². The number of amides is 2. The molecule has 4 rings (SSSR count). The maximum Gasteiger partial charge on any atom is 0.249 e. The molecule has 6 nitrogen and oxygen atoms in total. The molecule has 0 spiro atoms. The molecule has 2 heterocycles. The topological polar surface area (TPSA) is 82.5 Å². The first-order valence-electron chi connectivity index (χ1n) is 9.80. The van der Waals surface area contributed by atoms with E-state index in [0.29, 0.717) is 6.42 Å². The summed E-state index contributed by atoms with van der Waals surface area (Å²) in [5, 5.41) is 12.5. The lowest BCUT2D eigenvalue weighted by atomic mass is 9.84. The number of fused-ring (bicyclic) bond motifs is 2. The Morgan fingerprint density at radius 3 is 2.89 bits per heavy atom. The average molecular weight is 379 g/mol. The Kier molecular flexibility index (Phi) is 4.89. The fourth-order valence-corrected chi connectivity index (χ4v) is 4.24. The molecule has 2 aromatic rings. The Morgan fingerprint density at radius 2 is 2.11 bits per heavy atom. The van der Waals surface area contributed by atoms with Gasteiger partial charge in [-0.25, -0.2) is 0 Å². The van der Waals surface area contributed by atoms with E-state index in [1.165, 1.54) is 18.1 Å². The summed E-state index contributed by atoms with van der Waals surface area (Å²) >= 11 is 0. The minimum atomic E-state index is -1.03. The van der Waals surface area contributed by atoms with Gasteiger partial charge in [0, 0.05) is 37.1 Å². The number of nitrogens with one attached hydrogen (secondary N) is 1. The van der Waals surface area contributed by atoms with Crippen LogP contribution in [0.3, 0.4) is 0 Å². The van der Waals surface area contributed by atoms with E-state index in [4.69, 9.17) is 0 Å². The number of carbonyl (C=O) groups is 2. The van der Waals surface area contributed by atoms with Gasteiger partial charge in [0.15, 0.2) is 0 Å². The lowest BCUT2D eigenvalue weighted by molar-refractivity contribution is -0.129. The van der Waals surface area contributed by atoms with E-state index in [9.17, 15) is 14.7 Å². The lowest BCUT2D eigenvalue weighted by Crippen LogP contribution is -2.37. The van der Waals surface area contributed by atoms with Crippen molar-refractivity contribution in [2.24, 2.45) is 0 Å². The van der Waals surface area contributed by atoms with Crippen LogP contribution in [-0.2, 0) is 22.4 Å². The molecular formula is C22H25N3O3. The minimum Gasteiger partial charge on any atom is -0.384 e. The number of pyridine rings is 1. The molecule has 2 N–H and O–H groups in total. The molecule has 1 aliphatic heterocycles. The monoisotopic (exact) mass is 379 g/mol. The van der Waals surface area contributed by atoms with Gasteiger partial charge in [0.25, 0.3) is 0 Å². The van der Waals surface area contributed by atoms with E-state index in [0.717, 1.165) is 48.1 Å². The third-order valence-corrected chi connectivity index (χ3v) is 5.82. The highest BCUT2D eigenvalue weighted by Crippen LogP contribution is 2.37. The van der Waals surface area contributed by atoms with Gasteiger partial charge in [0.2, 0.25) is 11.8 Å². The molecule has 2 atom stereocenters. The molecule has 0 fully saturated rings. The van der Waals surface area contributed by atoms with E-state index in [1.807, 2.05) is 31.6 Å². The van der Waals surface area contributed by atoms with Crippen LogP contribution in [0.2, 0.25) is 0 Å². The first-order chi connectivity index (χ1) is 13.5. The molecule has 0 bridgehead atoms. The normalized spacial score (nSPS) is 19.6. The molecule has 1 aromatic carbocycles. The van der Waals surface area contributed by atoms with Gasteiger partial charge in [0.1, 0.15) is 6.10 Å². The van der Waals surface area contributed by atoms with Crippen molar-refractivity contribution < 1.29 is 14.7 Å². The predicted octanol–water partition coefficient (Wildman–Crippen LogP) is 2.53. The van der Waals surface area contributed by atoms with Crippen LogP contribution in [0.25, 0.3) is 11.1 Å². The smallest absolute Gasteiger partial charge is 0.249 e. The van der Waals surface area contributed by atoms with Crippen molar-refractivity contribution in [2.45, 2.75) is 51.2 Å². The second-order valence-corrected chi connectivity index (χ2v) is 7.68. The average Bonchev–Trinajstić information content (AvgIpc) is 2.70. The van der Waals surface area contributed by atoms with Crippen LogP contribution in [0, 0.1) is 0 Å². The van der Waals surface area contributed by atoms with Crippen molar-refractivity contribution in [2.75, 3.05) is 11.9 Å². The molecule has 2 aliphatic rings. The van der Waals surface area contributed by atoms with Crippen LogP contribution in [0.15, 0.2) is 30.6 Å². The maximum atomic E-state index is 12.0. The molecule has 1 aliphatic carbocycles. The van der Waals surface area contributed by atoms with Crippen LogP contribution >= 0.6 is 0 Å². The fraction of sp³-hybridized carbons (Fsp3) is 0.409. The third-order valence-electron chi connectivity index (χ3n) is 5.82. The number of hydrogen-bond donors (Lipinski definition) is 2. The number of aliphatic hydroxyl groups is 1. The van der Waals surface area contributed by atoms with E-state index in [-0.39, 0.29) is 17.9 Å². The van der Waals surface area contributed by atoms with Crippen molar-refractivity contribution in [3.05, 3.63) is 47.3 Å². The zero-order chi connectivity index (χ0) is 19.8. The van der Waals surface area contributed by atoms with Crippen LogP contribution in [0.4, 0.5) is 5.69 Å². The zero-order valence-corrected chi connectivity index (χ0v) is 16.2. The summed E-state index contributed by atoms with van der Waals surface area (Å²) in [5.74, 6) is -0.208. The van der Waals surface area contributed by atoms with E-state index < -0.39 is 6.10 Å². The number of benzene rings is 1. The largest absolute Gasteiger partial charge is 0.384 e. The van der Waals surface area contributed by atoms with Gasteiger partial charge in [-0.05, 0) is 67.0 Å². The highest BCUT2D eigenvalue weighted by molar-refractivity contribution is 5.96. The molecule has 1 aromatic heterocycles. The van der Waals surface area contributed by atoms with E-state index in [2.05, 4.69) is 16.4 Å². The van der Waals surface area contributed by atoms with Gasteiger partial charge in [-0.2, -0.15) is 0 Å². The van der Waals surface area contributed by atoms with Crippen LogP contribution in [0.5, 0.6) is 0 Å². The van der Waals surface area contributed by atoms with Crippen molar-refractivity contribution in [1.82, 2.24) is 10.3 Å². The Hall–Kier alpha value is -2.73. The van der Waals surface area contributed by atoms with Crippen LogP contribution in [0.1, 0.15) is 48.9 Å². The molecule has 0 radical (unpaired) electrons. The summed E-state index contributed by atoms with van der Waals surface area (Å²) in [7, 11) is 1.82. The molecular weight excluding hydrogens is 354 g/mol. The van der Waals surface area contributed by atoms with Crippen molar-refractivity contribution in [3.8, 4) is 11.1 Å². The quantitative estimate of drug-likeness (QED) is 0.859. The summed E-state index contributed by atoms with van der Waals surface area (Å²) in [6.07, 6.45) is 6.72. The van der Waals surface area contributed by atoms with E-state index in [1.54, 1.807) is 4.90 Å². The summed E-state index contributed by atoms with van der Waals surface area (Å²) < 4.78 is 0. The number of rotatable bonds is 3. The number of nitrogens with zero attached hydrogens (tertiary/aromatic N) is 2. The first-order valence-corrected chi connectivity index (χ1v) is 9.80. The Balaban J connectivity index is 1.71. The van der Waals surface area contributed by atoms with Crippen LogP contribution in [-0.4, -0.2) is 35.1 Å². The van der Waals surface area contributed by atoms with Crippen molar-refractivity contribution >= 4 is 17.5 Å². The Bertz CT molecular complexity index is 939. The maximum absolute atomic E-state index is 12.0. The zero-order valence-electron chi connectivity index (χ0n) is 16.2. The fourth-order valence-electron chi connectivity index (χ4n) is 4.24. The highest BCUT2D eigenvalue weighted by Gasteiger charge is 2.26. The van der Waals surface area contributed by atoms with Gasteiger partial charge >= 0.3 is 0 Å². The third kappa shape index (κ3) is 3.29. The molecule has 6 heteroatoms. The van der Waals surface area contributed by atoms with Crippen molar-refractivity contribution in [1.29, 1.82) is 0 Å². The molecule has 1 unspecified atom stereocenters. The number of hydrogen-bond acceptors (Lipinski definition) is 4.